The number of para-hydroxylation sites is 2. The molecule has 2 heterocycles. The van der Waals surface area contributed by atoms with E-state index in [0.717, 1.165) is 0 Å². The average molecular weight is 887 g/mol. The number of halogens is 2. The van der Waals surface area contributed by atoms with Gasteiger partial charge in [-0.05, 0) is 71.8 Å². The molecule has 49 heavy (non-hydrogen) atoms. The maximum absolute atomic E-state index is 2.22. The Morgan fingerprint density at radius 3 is 1.06 bits per heavy atom. The number of pyridine rings is 2. The highest BCUT2D eigenvalue weighted by molar-refractivity contribution is 5.78. The molecule has 0 bridgehead atoms. The first-order chi connectivity index (χ1) is 21.3. The van der Waals surface area contributed by atoms with Crippen molar-refractivity contribution in [2.45, 2.75) is 0 Å². The molecule has 0 atom stereocenters. The van der Waals surface area contributed by atoms with Crippen LogP contribution >= 0.6 is 0 Å². The van der Waals surface area contributed by atoms with Crippen LogP contribution in [0.2, 0.25) is 0 Å². The summed E-state index contributed by atoms with van der Waals surface area (Å²) >= 11 is 0. The summed E-state index contributed by atoms with van der Waals surface area (Å²) in [6, 6.07) is 42.7. The Morgan fingerprint density at radius 1 is 0.408 bits per heavy atom. The van der Waals surface area contributed by atoms with E-state index in [-0.39, 0.29) is 64.4 Å². The van der Waals surface area contributed by atoms with Gasteiger partial charge in [0, 0.05) is 86.8 Å². The largest absolute Gasteiger partial charge is 1.00 e. The zero-order chi connectivity index (χ0) is 31.1. The predicted molar refractivity (Wildman–Crippen MR) is 200 cm³/mol. The standard InChI is InChI=1S/2C20H21N2.2HI.3H2O/c2*1-21(2)18-12-8-16(9-13-18)10-14-19-15-11-17-6-4-5-7-20(17)22(19)3;;;;;/h2*4-15H,1-3H3;2*1H;3*1H2/q2*+1;;;;;/p-2. The molecular formula is C40H48I2N4O3. The minimum Gasteiger partial charge on any atom is -1.00 e. The lowest BCUT2D eigenvalue weighted by Gasteiger charge is -2.11. The van der Waals surface area contributed by atoms with Gasteiger partial charge in [0.25, 0.3) is 0 Å². The van der Waals surface area contributed by atoms with Gasteiger partial charge in [-0.1, -0.05) is 48.5 Å². The zero-order valence-corrected chi connectivity index (χ0v) is 33.2. The third kappa shape index (κ3) is 11.6. The van der Waals surface area contributed by atoms with Gasteiger partial charge in [0.15, 0.2) is 0 Å². The summed E-state index contributed by atoms with van der Waals surface area (Å²) in [5.41, 5.74) is 9.71. The van der Waals surface area contributed by atoms with Gasteiger partial charge in [0.1, 0.15) is 14.1 Å². The van der Waals surface area contributed by atoms with Crippen molar-refractivity contribution in [3.8, 4) is 0 Å². The summed E-state index contributed by atoms with van der Waals surface area (Å²) < 4.78 is 4.44. The van der Waals surface area contributed by atoms with Crippen LogP contribution in [0.3, 0.4) is 0 Å². The Labute approximate surface area is 324 Å². The van der Waals surface area contributed by atoms with E-state index in [2.05, 4.69) is 207 Å². The van der Waals surface area contributed by atoms with E-state index >= 15 is 0 Å². The Bertz CT molecular complexity index is 1800. The van der Waals surface area contributed by atoms with Gasteiger partial charge in [0.2, 0.25) is 22.4 Å². The van der Waals surface area contributed by atoms with Crippen molar-refractivity contribution in [1.29, 1.82) is 0 Å². The molecule has 9 heteroatoms. The fourth-order valence-corrected chi connectivity index (χ4v) is 5.19. The van der Waals surface area contributed by atoms with Crippen molar-refractivity contribution in [1.82, 2.24) is 0 Å². The highest BCUT2D eigenvalue weighted by Crippen LogP contribution is 2.17. The molecule has 0 aliphatic heterocycles. The van der Waals surface area contributed by atoms with Crippen LogP contribution in [0.15, 0.2) is 121 Å². The van der Waals surface area contributed by atoms with Crippen LogP contribution in [0, 0.1) is 0 Å². The Balaban J connectivity index is 0.000000853. The number of anilines is 2. The third-order valence-electron chi connectivity index (χ3n) is 7.95. The van der Waals surface area contributed by atoms with Gasteiger partial charge < -0.3 is 74.2 Å². The molecule has 0 aliphatic rings. The van der Waals surface area contributed by atoms with Gasteiger partial charge in [-0.2, -0.15) is 9.13 Å². The van der Waals surface area contributed by atoms with Crippen molar-refractivity contribution in [2.75, 3.05) is 38.0 Å². The number of hydrogen-bond donors (Lipinski definition) is 0. The normalized spacial score (nSPS) is 10.1. The third-order valence-corrected chi connectivity index (χ3v) is 7.95. The molecule has 0 aliphatic carbocycles. The lowest BCUT2D eigenvalue weighted by Crippen LogP contribution is -3.00. The van der Waals surface area contributed by atoms with Crippen LogP contribution < -0.4 is 66.9 Å². The highest BCUT2D eigenvalue weighted by atomic mass is 127. The maximum Gasteiger partial charge on any atom is 0.212 e. The molecule has 0 fully saturated rings. The Kier molecular flexibility index (Phi) is 19.6. The second-order valence-corrected chi connectivity index (χ2v) is 11.4. The molecule has 6 rings (SSSR count). The van der Waals surface area contributed by atoms with Crippen LogP contribution in [-0.2, 0) is 14.1 Å². The topological polar surface area (TPSA) is 109 Å². The van der Waals surface area contributed by atoms with E-state index < -0.39 is 0 Å². The van der Waals surface area contributed by atoms with Crippen molar-refractivity contribution < 1.29 is 73.5 Å². The Morgan fingerprint density at radius 2 is 0.735 bits per heavy atom. The fourth-order valence-electron chi connectivity index (χ4n) is 5.19. The van der Waals surface area contributed by atoms with E-state index in [1.165, 1.54) is 55.7 Å². The zero-order valence-electron chi connectivity index (χ0n) is 28.9. The van der Waals surface area contributed by atoms with Crippen molar-refractivity contribution >= 4 is 57.5 Å². The summed E-state index contributed by atoms with van der Waals surface area (Å²) in [6.07, 6.45) is 8.64. The minimum absolute atomic E-state index is 0. The molecule has 0 radical (unpaired) electrons. The predicted octanol–water partition coefficient (Wildman–Crippen LogP) is -0.665. The smallest absolute Gasteiger partial charge is 0.212 e. The van der Waals surface area contributed by atoms with E-state index in [0.29, 0.717) is 0 Å². The van der Waals surface area contributed by atoms with Crippen LogP contribution in [0.25, 0.3) is 46.1 Å². The SMILES string of the molecule is CN(C)c1ccc(/C=C/c2ccc3ccccc3[n+]2C)cc1.CN(C)c1ccc(/C=C/c2ccc3ccccc3[n+]2C)cc1.O.O.O.[I-].[I-]. The lowest BCUT2D eigenvalue weighted by molar-refractivity contribution is -0.646. The number of fused-ring (bicyclic) bond motifs is 2. The maximum atomic E-state index is 2.22. The molecule has 6 N–H and O–H groups in total. The van der Waals surface area contributed by atoms with Crippen LogP contribution in [-0.4, -0.2) is 44.6 Å². The van der Waals surface area contributed by atoms with Crippen LogP contribution in [0.4, 0.5) is 11.4 Å². The molecule has 0 amide bonds. The van der Waals surface area contributed by atoms with Crippen molar-refractivity contribution in [3.05, 3.63) is 144 Å². The van der Waals surface area contributed by atoms with Crippen LogP contribution in [0.1, 0.15) is 22.5 Å². The second kappa shape index (κ2) is 21.3. The highest BCUT2D eigenvalue weighted by Gasteiger charge is 2.09. The Hall–Kier alpha value is -3.88. The molecule has 6 aromatic rings. The number of aryl methyl sites for hydroxylation is 2. The number of rotatable bonds is 6. The van der Waals surface area contributed by atoms with E-state index in [1.54, 1.807) is 0 Å². The summed E-state index contributed by atoms with van der Waals surface area (Å²) in [4.78, 5) is 4.22. The van der Waals surface area contributed by atoms with Gasteiger partial charge in [-0.25, -0.2) is 0 Å². The minimum atomic E-state index is 0. The number of hydrogen-bond acceptors (Lipinski definition) is 2. The lowest BCUT2D eigenvalue weighted by atomic mass is 10.1. The van der Waals surface area contributed by atoms with Gasteiger partial charge >= 0.3 is 0 Å². The molecule has 260 valence electrons. The molecule has 0 saturated carbocycles. The molecule has 7 nitrogen and oxygen atoms in total. The van der Waals surface area contributed by atoms with E-state index in [1.807, 2.05) is 0 Å². The number of nitrogens with zero attached hydrogens (tertiary/aromatic N) is 4. The monoisotopic (exact) mass is 886 g/mol. The summed E-state index contributed by atoms with van der Waals surface area (Å²) in [7, 11) is 12.4. The number of aromatic nitrogens is 2. The summed E-state index contributed by atoms with van der Waals surface area (Å²) in [5, 5.41) is 2.52. The van der Waals surface area contributed by atoms with Crippen LogP contribution in [0.5, 0.6) is 0 Å². The van der Waals surface area contributed by atoms with Crippen molar-refractivity contribution in [2.24, 2.45) is 14.1 Å². The molecule has 2 aromatic heterocycles. The second-order valence-electron chi connectivity index (χ2n) is 11.4. The molecule has 0 saturated heterocycles. The first-order valence-electron chi connectivity index (χ1n) is 15.0. The number of benzene rings is 4. The summed E-state index contributed by atoms with van der Waals surface area (Å²) in [6.45, 7) is 0. The first kappa shape index (κ1) is 45.1. The fraction of sp³-hybridized carbons (Fsp3) is 0.150. The molecule has 0 unspecified atom stereocenters. The average Bonchev–Trinajstić information content (AvgIpc) is 3.05. The van der Waals surface area contributed by atoms with Gasteiger partial charge in [-0.3, -0.25) is 0 Å². The molecular weight excluding hydrogens is 838 g/mol. The molecule has 4 aromatic carbocycles. The molecule has 0 spiro atoms. The van der Waals surface area contributed by atoms with Gasteiger partial charge in [0.05, 0.1) is 0 Å². The van der Waals surface area contributed by atoms with Gasteiger partial charge in [-0.15, -0.1) is 0 Å². The quantitative estimate of drug-likeness (QED) is 0.164. The van der Waals surface area contributed by atoms with E-state index in [4.69, 9.17) is 0 Å². The van der Waals surface area contributed by atoms with E-state index in [9.17, 15) is 0 Å². The first-order valence-corrected chi connectivity index (χ1v) is 15.0. The van der Waals surface area contributed by atoms with Crippen molar-refractivity contribution in [3.63, 3.8) is 0 Å². The summed E-state index contributed by atoms with van der Waals surface area (Å²) in [5.74, 6) is 0.